The molecule has 0 radical (unpaired) electrons. The Kier molecular flexibility index (Phi) is 7.54. The number of hydrogen-bond donors (Lipinski definition) is 4. The number of nitrogens with zero attached hydrogens (tertiary/aromatic N) is 1. The number of aliphatic hydroxyl groups excluding tert-OH is 2. The summed E-state index contributed by atoms with van der Waals surface area (Å²) >= 11 is 0.593. The van der Waals surface area contributed by atoms with Crippen LogP contribution < -0.4 is 24.7 Å². The highest BCUT2D eigenvalue weighted by molar-refractivity contribution is 7.92. The van der Waals surface area contributed by atoms with Crippen LogP contribution in [0.3, 0.4) is 0 Å². The van der Waals surface area contributed by atoms with Gasteiger partial charge in [-0.25, -0.2) is 5.14 Å². The third-order valence-electron chi connectivity index (χ3n) is 3.52. The minimum atomic E-state index is -0.663. The number of hydrogen-bond acceptors (Lipinski definition) is 8. The lowest BCUT2D eigenvalue weighted by molar-refractivity contribution is 0.1000. The summed E-state index contributed by atoms with van der Waals surface area (Å²) in [5.41, 5.74) is 5.96. The molecule has 0 unspecified atom stereocenters. The van der Waals surface area contributed by atoms with Gasteiger partial charge in [0.2, 0.25) is 5.91 Å². The second-order valence-corrected chi connectivity index (χ2v) is 5.62. The van der Waals surface area contributed by atoms with Crippen molar-refractivity contribution in [3.8, 4) is 17.2 Å². The van der Waals surface area contributed by atoms with Gasteiger partial charge in [-0.05, 0) is 30.7 Å². The first-order valence-corrected chi connectivity index (χ1v) is 8.62. The van der Waals surface area contributed by atoms with Crippen molar-refractivity contribution in [2.75, 3.05) is 24.8 Å². The van der Waals surface area contributed by atoms with Crippen molar-refractivity contribution in [3.63, 3.8) is 0 Å². The van der Waals surface area contributed by atoms with Gasteiger partial charge in [-0.3, -0.25) is 4.79 Å². The van der Waals surface area contributed by atoms with E-state index in [0.29, 0.717) is 36.6 Å². The van der Waals surface area contributed by atoms with E-state index in [4.69, 9.17) is 24.9 Å². The smallest absolute Gasteiger partial charge is 0.248 e. The summed E-state index contributed by atoms with van der Waals surface area (Å²) < 4.78 is 11.3. The van der Waals surface area contributed by atoms with E-state index < -0.39 is 5.91 Å². The number of rotatable bonds is 10. The molecular formula is C17H21N3O5S. The molecule has 0 fully saturated rings. The molecule has 0 aliphatic rings. The van der Waals surface area contributed by atoms with Gasteiger partial charge in [-0.2, -0.15) is 0 Å². The number of ether oxygens (including phenoxy) is 1. The normalized spacial score (nSPS) is 10.4. The van der Waals surface area contributed by atoms with Gasteiger partial charge in [0.25, 0.3) is 0 Å². The molecule has 9 heteroatoms. The summed E-state index contributed by atoms with van der Waals surface area (Å²) in [6, 6.07) is 11.9. The van der Waals surface area contributed by atoms with E-state index in [0.717, 1.165) is 0 Å². The van der Waals surface area contributed by atoms with Crippen LogP contribution in [-0.4, -0.2) is 36.0 Å². The standard InChI is InChI=1S/C17H21N3O5S/c18-17(23)12-9-14(20(11-22)7-4-8-21)16(15(10-12)25-26-19)24-13-5-2-1-3-6-13/h1-3,5-6,9-10,21-22H,4,7-8,11,19H2,(H2,18,23). The van der Waals surface area contributed by atoms with Crippen molar-refractivity contribution in [1.29, 1.82) is 0 Å². The molecule has 0 aromatic heterocycles. The summed E-state index contributed by atoms with van der Waals surface area (Å²) in [5.74, 6) is 0.332. The fourth-order valence-corrected chi connectivity index (χ4v) is 2.54. The van der Waals surface area contributed by atoms with Crippen molar-refractivity contribution in [2.24, 2.45) is 10.9 Å². The lowest BCUT2D eigenvalue weighted by Crippen LogP contribution is -2.27. The molecule has 8 nitrogen and oxygen atoms in total. The van der Waals surface area contributed by atoms with Crippen LogP contribution in [0.4, 0.5) is 5.69 Å². The average molecular weight is 379 g/mol. The number of nitrogens with two attached hydrogens (primary N) is 2. The molecule has 26 heavy (non-hydrogen) atoms. The SMILES string of the molecule is NSOc1cc(C(N)=O)cc(N(CO)CCCO)c1Oc1ccccc1. The number of carbonyl (C=O) groups excluding carboxylic acids is 1. The lowest BCUT2D eigenvalue weighted by atomic mass is 10.1. The van der Waals surface area contributed by atoms with Crippen molar-refractivity contribution in [3.05, 3.63) is 48.0 Å². The number of primary amides is 1. The third-order valence-corrected chi connectivity index (χ3v) is 3.79. The van der Waals surface area contributed by atoms with Gasteiger partial charge in [0.1, 0.15) is 24.7 Å². The van der Waals surface area contributed by atoms with Gasteiger partial charge in [-0.15, -0.1) is 0 Å². The Bertz CT molecular complexity index is 730. The Hall–Kier alpha value is -2.46. The molecule has 140 valence electrons. The summed E-state index contributed by atoms with van der Waals surface area (Å²) in [4.78, 5) is 13.2. The predicted molar refractivity (Wildman–Crippen MR) is 100 cm³/mol. The Labute approximate surface area is 155 Å². The van der Waals surface area contributed by atoms with E-state index in [1.165, 1.54) is 17.0 Å². The predicted octanol–water partition coefficient (Wildman–Crippen LogP) is 1.62. The monoisotopic (exact) mass is 379 g/mol. The zero-order chi connectivity index (χ0) is 18.9. The van der Waals surface area contributed by atoms with E-state index in [1.807, 2.05) is 6.07 Å². The first kappa shape index (κ1) is 19.9. The molecule has 2 aromatic carbocycles. The van der Waals surface area contributed by atoms with E-state index in [1.54, 1.807) is 24.3 Å². The second kappa shape index (κ2) is 9.88. The van der Waals surface area contributed by atoms with Crippen LogP contribution in [0.2, 0.25) is 0 Å². The van der Waals surface area contributed by atoms with Gasteiger partial charge >= 0.3 is 0 Å². The highest BCUT2D eigenvalue weighted by Gasteiger charge is 2.21. The summed E-state index contributed by atoms with van der Waals surface area (Å²) in [6.07, 6.45) is 0.411. The first-order valence-electron chi connectivity index (χ1n) is 7.81. The highest BCUT2D eigenvalue weighted by atomic mass is 32.2. The minimum absolute atomic E-state index is 0.0527. The first-order chi connectivity index (χ1) is 12.6. The molecular weight excluding hydrogens is 358 g/mol. The second-order valence-electron chi connectivity index (χ2n) is 5.26. The zero-order valence-electron chi connectivity index (χ0n) is 14.0. The fraction of sp³-hybridized carbons (Fsp3) is 0.235. The molecule has 0 saturated carbocycles. The van der Waals surface area contributed by atoms with Crippen molar-refractivity contribution < 1.29 is 23.9 Å². The highest BCUT2D eigenvalue weighted by Crippen LogP contribution is 2.42. The molecule has 0 atom stereocenters. The van der Waals surface area contributed by atoms with Gasteiger partial charge < -0.3 is 29.8 Å². The molecule has 0 bridgehead atoms. The number of para-hydroxylation sites is 1. The maximum absolute atomic E-state index is 11.7. The van der Waals surface area contributed by atoms with Crippen LogP contribution in [0, 0.1) is 0 Å². The lowest BCUT2D eigenvalue weighted by Gasteiger charge is -2.26. The van der Waals surface area contributed by atoms with Gasteiger partial charge in [-0.1, -0.05) is 18.2 Å². The topological polar surface area (TPSA) is 131 Å². The quantitative estimate of drug-likeness (QED) is 0.278. The molecule has 0 aliphatic carbocycles. The van der Waals surface area contributed by atoms with Crippen LogP contribution in [0.5, 0.6) is 17.2 Å². The Morgan fingerprint density at radius 1 is 1.19 bits per heavy atom. The fourth-order valence-electron chi connectivity index (χ4n) is 2.32. The van der Waals surface area contributed by atoms with Crippen molar-refractivity contribution >= 4 is 23.8 Å². The number of carbonyl (C=O) groups is 1. The zero-order valence-corrected chi connectivity index (χ0v) is 14.8. The molecule has 0 heterocycles. The van der Waals surface area contributed by atoms with E-state index in [-0.39, 0.29) is 30.4 Å². The van der Waals surface area contributed by atoms with Crippen LogP contribution in [-0.2, 0) is 0 Å². The molecule has 6 N–H and O–H groups in total. The number of anilines is 1. The van der Waals surface area contributed by atoms with Gasteiger partial charge in [0.15, 0.2) is 11.5 Å². The molecule has 2 aromatic rings. The average Bonchev–Trinajstić information content (AvgIpc) is 2.65. The van der Waals surface area contributed by atoms with Crippen molar-refractivity contribution in [1.82, 2.24) is 0 Å². The van der Waals surface area contributed by atoms with Gasteiger partial charge in [0.05, 0.1) is 5.69 Å². The van der Waals surface area contributed by atoms with Crippen molar-refractivity contribution in [2.45, 2.75) is 6.42 Å². The molecule has 0 aliphatic heterocycles. The Morgan fingerprint density at radius 2 is 1.92 bits per heavy atom. The maximum Gasteiger partial charge on any atom is 0.248 e. The van der Waals surface area contributed by atoms with Crippen LogP contribution in [0.1, 0.15) is 16.8 Å². The molecule has 0 spiro atoms. The van der Waals surface area contributed by atoms with Gasteiger partial charge in [0, 0.05) is 18.7 Å². The number of amides is 1. The van der Waals surface area contributed by atoms with E-state index in [9.17, 15) is 9.90 Å². The maximum atomic E-state index is 11.7. The summed E-state index contributed by atoms with van der Waals surface area (Å²) in [7, 11) is 0. The summed E-state index contributed by atoms with van der Waals surface area (Å²) in [6.45, 7) is -0.0823. The number of aliphatic hydroxyl groups is 2. The Morgan fingerprint density at radius 3 is 2.50 bits per heavy atom. The third kappa shape index (κ3) is 5.02. The molecule has 2 rings (SSSR count). The minimum Gasteiger partial charge on any atom is -0.451 e. The molecule has 1 amide bonds. The Balaban J connectivity index is 2.56. The molecule has 0 saturated heterocycles. The van der Waals surface area contributed by atoms with Crippen LogP contribution in [0.15, 0.2) is 42.5 Å². The largest absolute Gasteiger partial charge is 0.451 e. The van der Waals surface area contributed by atoms with E-state index >= 15 is 0 Å². The van der Waals surface area contributed by atoms with E-state index in [2.05, 4.69) is 0 Å². The summed E-state index contributed by atoms with van der Waals surface area (Å²) in [5, 5.41) is 24.2. The van der Waals surface area contributed by atoms with Crippen LogP contribution in [0.25, 0.3) is 0 Å². The number of benzene rings is 2. The van der Waals surface area contributed by atoms with Crippen LogP contribution >= 0.6 is 12.2 Å².